The Balaban J connectivity index is 1.92. The fraction of sp³-hybridized carbons (Fsp3) is 0.474. The number of ether oxygens (including phenoxy) is 2. The Hall–Kier alpha value is -2.08. The van der Waals surface area contributed by atoms with Crippen molar-refractivity contribution in [3.8, 4) is 0 Å². The smallest absolute Gasteiger partial charge is 0.325 e. The summed E-state index contributed by atoms with van der Waals surface area (Å²) in [7, 11) is 0. The van der Waals surface area contributed by atoms with Crippen LogP contribution in [0.3, 0.4) is 0 Å². The third kappa shape index (κ3) is 3.85. The van der Waals surface area contributed by atoms with Gasteiger partial charge in [-0.3, -0.25) is 9.59 Å². The third-order valence-electron chi connectivity index (χ3n) is 4.70. The van der Waals surface area contributed by atoms with Crippen LogP contribution in [0.4, 0.5) is 4.39 Å². The van der Waals surface area contributed by atoms with Crippen molar-refractivity contribution in [2.75, 3.05) is 13.2 Å². The molecule has 5 nitrogen and oxygen atoms in total. The van der Waals surface area contributed by atoms with E-state index < -0.39 is 17.7 Å². The van der Waals surface area contributed by atoms with Gasteiger partial charge in [0.05, 0.1) is 17.7 Å². The van der Waals surface area contributed by atoms with E-state index in [0.717, 1.165) is 25.7 Å². The van der Waals surface area contributed by atoms with Crippen molar-refractivity contribution < 1.29 is 23.5 Å². The molecule has 1 aliphatic carbocycles. The molecule has 3 rings (SSSR count). The average Bonchev–Trinajstić information content (AvgIpc) is 2.61. The van der Waals surface area contributed by atoms with Gasteiger partial charge in [-0.05, 0) is 44.4 Å². The standard InChI is InChI=1S/C19H21ClFNO4/c1-2-25-18(23)11-22-15-8-3-4-9-16(15)26-17(19(22)24)10-12-13(20)6-5-7-14(12)21/h5-7,10,15-16H,2-4,8-9,11H2,1H3/b17-10-. The van der Waals surface area contributed by atoms with Crippen molar-refractivity contribution in [2.45, 2.75) is 44.8 Å². The summed E-state index contributed by atoms with van der Waals surface area (Å²) in [6.07, 6.45) is 4.60. The van der Waals surface area contributed by atoms with Gasteiger partial charge in [0.2, 0.25) is 0 Å². The topological polar surface area (TPSA) is 55.8 Å². The van der Waals surface area contributed by atoms with E-state index in [4.69, 9.17) is 21.1 Å². The summed E-state index contributed by atoms with van der Waals surface area (Å²) < 4.78 is 25.0. The van der Waals surface area contributed by atoms with Gasteiger partial charge in [-0.15, -0.1) is 0 Å². The number of rotatable bonds is 4. The Kier molecular flexibility index (Phi) is 5.81. The second kappa shape index (κ2) is 8.08. The Morgan fingerprint density at radius 1 is 1.42 bits per heavy atom. The number of carbonyl (C=O) groups is 2. The van der Waals surface area contributed by atoms with E-state index in [9.17, 15) is 14.0 Å². The Morgan fingerprint density at radius 3 is 2.92 bits per heavy atom. The van der Waals surface area contributed by atoms with Gasteiger partial charge in [0.1, 0.15) is 18.5 Å². The van der Waals surface area contributed by atoms with Gasteiger partial charge < -0.3 is 14.4 Å². The number of carbonyl (C=O) groups excluding carboxylic acids is 2. The summed E-state index contributed by atoms with van der Waals surface area (Å²) in [5.74, 6) is -1.44. The molecule has 1 aromatic rings. The molecule has 1 amide bonds. The van der Waals surface area contributed by atoms with Crippen LogP contribution in [0.25, 0.3) is 6.08 Å². The van der Waals surface area contributed by atoms with E-state index in [1.807, 2.05) is 0 Å². The molecule has 1 aromatic carbocycles. The number of morpholine rings is 1. The fourth-order valence-corrected chi connectivity index (χ4v) is 3.70. The van der Waals surface area contributed by atoms with Gasteiger partial charge in [-0.25, -0.2) is 4.39 Å². The monoisotopic (exact) mass is 381 g/mol. The first-order chi connectivity index (χ1) is 12.5. The average molecular weight is 382 g/mol. The number of benzene rings is 1. The lowest BCUT2D eigenvalue weighted by molar-refractivity contribution is -0.159. The minimum atomic E-state index is -0.538. The largest absolute Gasteiger partial charge is 0.482 e. The zero-order chi connectivity index (χ0) is 18.7. The first-order valence-electron chi connectivity index (χ1n) is 8.80. The highest BCUT2D eigenvalue weighted by Gasteiger charge is 2.42. The van der Waals surface area contributed by atoms with Crippen LogP contribution in [0.1, 0.15) is 38.2 Å². The highest BCUT2D eigenvalue weighted by Crippen LogP contribution is 2.34. The van der Waals surface area contributed by atoms with Crippen molar-refractivity contribution in [3.05, 3.63) is 40.4 Å². The second-order valence-electron chi connectivity index (χ2n) is 6.39. The predicted octanol–water partition coefficient (Wildman–Crippen LogP) is 3.55. The molecule has 0 aromatic heterocycles. The second-order valence-corrected chi connectivity index (χ2v) is 6.80. The molecule has 7 heteroatoms. The van der Waals surface area contributed by atoms with Crippen LogP contribution >= 0.6 is 11.6 Å². The van der Waals surface area contributed by atoms with E-state index in [1.165, 1.54) is 23.1 Å². The minimum Gasteiger partial charge on any atom is -0.482 e. The number of fused-ring (bicyclic) bond motifs is 1. The number of nitrogens with zero attached hydrogens (tertiary/aromatic N) is 1. The van der Waals surface area contributed by atoms with E-state index in [0.29, 0.717) is 0 Å². The van der Waals surface area contributed by atoms with Crippen LogP contribution in [-0.2, 0) is 19.1 Å². The predicted molar refractivity (Wildman–Crippen MR) is 94.9 cm³/mol. The van der Waals surface area contributed by atoms with Gasteiger partial charge in [0.25, 0.3) is 5.91 Å². The molecular weight excluding hydrogens is 361 g/mol. The number of hydrogen-bond acceptors (Lipinski definition) is 4. The van der Waals surface area contributed by atoms with Crippen LogP contribution < -0.4 is 0 Å². The lowest BCUT2D eigenvalue weighted by Crippen LogP contribution is -2.56. The van der Waals surface area contributed by atoms with Crippen LogP contribution in [0.2, 0.25) is 5.02 Å². The molecule has 1 saturated heterocycles. The van der Waals surface area contributed by atoms with Gasteiger partial charge in [-0.2, -0.15) is 0 Å². The van der Waals surface area contributed by atoms with Gasteiger partial charge >= 0.3 is 5.97 Å². The highest BCUT2D eigenvalue weighted by atomic mass is 35.5. The quantitative estimate of drug-likeness (QED) is 0.591. The van der Waals surface area contributed by atoms with Crippen LogP contribution in [0.15, 0.2) is 24.0 Å². The first-order valence-corrected chi connectivity index (χ1v) is 9.18. The normalized spacial score (nSPS) is 24.2. The molecule has 1 heterocycles. The molecule has 140 valence electrons. The SMILES string of the molecule is CCOC(=O)CN1C(=O)/C(=C/c2c(F)cccc2Cl)OC2CCCCC21. The summed E-state index contributed by atoms with van der Waals surface area (Å²) in [5.41, 5.74) is 0.0999. The molecule has 26 heavy (non-hydrogen) atoms. The minimum absolute atomic E-state index is 0.00412. The lowest BCUT2D eigenvalue weighted by atomic mass is 9.89. The van der Waals surface area contributed by atoms with Gasteiger partial charge in [0, 0.05) is 5.56 Å². The van der Waals surface area contributed by atoms with E-state index >= 15 is 0 Å². The summed E-state index contributed by atoms with van der Waals surface area (Å²) >= 11 is 6.06. The number of esters is 1. The molecule has 2 atom stereocenters. The molecule has 0 radical (unpaired) electrons. The molecule has 0 N–H and O–H groups in total. The van der Waals surface area contributed by atoms with Crippen molar-refractivity contribution in [3.63, 3.8) is 0 Å². The van der Waals surface area contributed by atoms with Gasteiger partial charge in [-0.1, -0.05) is 24.1 Å². The molecule has 2 unspecified atom stereocenters. The molecule has 1 aliphatic heterocycles. The summed E-state index contributed by atoms with van der Waals surface area (Å²) in [6, 6.07) is 4.14. The van der Waals surface area contributed by atoms with Crippen molar-refractivity contribution >= 4 is 29.6 Å². The fourth-order valence-electron chi connectivity index (χ4n) is 3.49. The zero-order valence-electron chi connectivity index (χ0n) is 14.5. The van der Waals surface area contributed by atoms with Crippen LogP contribution in [0, 0.1) is 5.82 Å². The Morgan fingerprint density at radius 2 is 2.19 bits per heavy atom. The maximum Gasteiger partial charge on any atom is 0.325 e. The maximum atomic E-state index is 14.1. The summed E-state index contributed by atoms with van der Waals surface area (Å²) in [6.45, 7) is 1.83. The molecule has 0 spiro atoms. The lowest BCUT2D eigenvalue weighted by Gasteiger charge is -2.44. The van der Waals surface area contributed by atoms with Crippen LogP contribution in [-0.4, -0.2) is 42.1 Å². The van der Waals surface area contributed by atoms with Crippen molar-refractivity contribution in [1.82, 2.24) is 4.90 Å². The molecule has 1 saturated carbocycles. The third-order valence-corrected chi connectivity index (χ3v) is 5.03. The Labute approximate surface area is 156 Å². The summed E-state index contributed by atoms with van der Waals surface area (Å²) in [5, 5.41) is 0.191. The summed E-state index contributed by atoms with van der Waals surface area (Å²) in [4.78, 5) is 26.3. The van der Waals surface area contributed by atoms with Gasteiger partial charge in [0.15, 0.2) is 5.76 Å². The number of hydrogen-bond donors (Lipinski definition) is 0. The number of amides is 1. The highest BCUT2D eigenvalue weighted by molar-refractivity contribution is 6.32. The van der Waals surface area contributed by atoms with E-state index in [1.54, 1.807) is 13.0 Å². The van der Waals surface area contributed by atoms with Crippen molar-refractivity contribution in [2.24, 2.45) is 0 Å². The maximum absolute atomic E-state index is 14.1. The van der Waals surface area contributed by atoms with E-state index in [2.05, 4.69) is 0 Å². The zero-order valence-corrected chi connectivity index (χ0v) is 15.3. The molecular formula is C19H21ClFNO4. The molecule has 0 bridgehead atoms. The molecule has 2 fully saturated rings. The van der Waals surface area contributed by atoms with Crippen LogP contribution in [0.5, 0.6) is 0 Å². The molecule has 2 aliphatic rings. The number of halogens is 2. The van der Waals surface area contributed by atoms with Crippen molar-refractivity contribution in [1.29, 1.82) is 0 Å². The van der Waals surface area contributed by atoms with E-state index in [-0.39, 0.29) is 41.6 Å². The Bertz CT molecular complexity index is 716. The first kappa shape index (κ1) is 18.7.